The Morgan fingerprint density at radius 3 is 2.94 bits per heavy atom. The second-order valence-corrected chi connectivity index (χ2v) is 5.50. The van der Waals surface area contributed by atoms with Crippen LogP contribution in [0, 0.1) is 0 Å². The molecule has 0 radical (unpaired) electrons. The standard InChI is InChI=1S/C14H26N2OS/c1-3-17-11-5-4-8-15-9-10-16(2)13-14-7-6-12-18-14/h6-7,12,15H,3-5,8-11,13H2,1-2H3. The molecule has 0 aromatic carbocycles. The first-order valence-corrected chi connectivity index (χ1v) is 7.70. The molecule has 0 fully saturated rings. The minimum absolute atomic E-state index is 0.834. The average Bonchev–Trinajstić information content (AvgIpc) is 2.85. The molecule has 1 N–H and O–H groups in total. The Morgan fingerprint density at radius 2 is 2.22 bits per heavy atom. The van der Waals surface area contributed by atoms with E-state index < -0.39 is 0 Å². The van der Waals surface area contributed by atoms with Crippen molar-refractivity contribution in [1.29, 1.82) is 0 Å². The first-order chi connectivity index (χ1) is 8.83. The van der Waals surface area contributed by atoms with Gasteiger partial charge in [0.2, 0.25) is 0 Å². The maximum atomic E-state index is 5.30. The van der Waals surface area contributed by atoms with Crippen molar-refractivity contribution >= 4 is 11.3 Å². The molecule has 1 heterocycles. The fraction of sp³-hybridized carbons (Fsp3) is 0.714. The van der Waals surface area contributed by atoms with Crippen LogP contribution in [0.2, 0.25) is 0 Å². The summed E-state index contributed by atoms with van der Waals surface area (Å²) < 4.78 is 5.30. The second kappa shape index (κ2) is 10.5. The predicted octanol–water partition coefficient (Wildman–Crippen LogP) is 2.59. The highest BCUT2D eigenvalue weighted by molar-refractivity contribution is 7.09. The summed E-state index contributed by atoms with van der Waals surface area (Å²) in [7, 11) is 2.18. The summed E-state index contributed by atoms with van der Waals surface area (Å²) in [5.41, 5.74) is 0. The summed E-state index contributed by atoms with van der Waals surface area (Å²) in [4.78, 5) is 3.80. The highest BCUT2D eigenvalue weighted by Gasteiger charge is 2.00. The molecule has 0 unspecified atom stereocenters. The number of unbranched alkanes of at least 4 members (excludes halogenated alkanes) is 1. The van der Waals surface area contributed by atoms with Gasteiger partial charge in [-0.05, 0) is 44.8 Å². The third kappa shape index (κ3) is 7.82. The molecule has 18 heavy (non-hydrogen) atoms. The maximum absolute atomic E-state index is 5.30. The Labute approximate surface area is 115 Å². The third-order valence-corrected chi connectivity index (χ3v) is 3.63. The molecular weight excluding hydrogens is 244 g/mol. The van der Waals surface area contributed by atoms with Crippen LogP contribution >= 0.6 is 11.3 Å². The Bertz CT molecular complexity index is 277. The molecule has 0 spiro atoms. The lowest BCUT2D eigenvalue weighted by atomic mass is 10.3. The van der Waals surface area contributed by atoms with Crippen LogP contribution in [0.25, 0.3) is 0 Å². The van der Waals surface area contributed by atoms with Gasteiger partial charge in [0.15, 0.2) is 0 Å². The number of rotatable bonds is 11. The molecule has 4 heteroatoms. The van der Waals surface area contributed by atoms with Crippen LogP contribution in [-0.4, -0.2) is 44.8 Å². The second-order valence-electron chi connectivity index (χ2n) is 4.47. The number of likely N-dealkylation sites (N-methyl/N-ethyl adjacent to an activating group) is 1. The van der Waals surface area contributed by atoms with Gasteiger partial charge in [-0.25, -0.2) is 0 Å². The van der Waals surface area contributed by atoms with Crippen LogP contribution in [0.1, 0.15) is 24.6 Å². The Kier molecular flexibility index (Phi) is 9.12. The quantitative estimate of drug-likeness (QED) is 0.626. The summed E-state index contributed by atoms with van der Waals surface area (Å²) in [6, 6.07) is 4.31. The van der Waals surface area contributed by atoms with Gasteiger partial charge in [0.25, 0.3) is 0 Å². The van der Waals surface area contributed by atoms with Gasteiger partial charge in [-0.1, -0.05) is 6.07 Å². The van der Waals surface area contributed by atoms with E-state index in [1.54, 1.807) is 0 Å². The maximum Gasteiger partial charge on any atom is 0.0466 e. The van der Waals surface area contributed by atoms with Gasteiger partial charge in [-0.3, -0.25) is 0 Å². The normalized spacial score (nSPS) is 11.3. The average molecular weight is 270 g/mol. The summed E-state index contributed by atoms with van der Waals surface area (Å²) in [5, 5.41) is 5.62. The van der Waals surface area contributed by atoms with Crippen LogP contribution in [0.4, 0.5) is 0 Å². The molecule has 0 amide bonds. The number of nitrogens with zero attached hydrogens (tertiary/aromatic N) is 1. The topological polar surface area (TPSA) is 24.5 Å². The zero-order valence-corrected chi connectivity index (χ0v) is 12.5. The molecule has 104 valence electrons. The highest BCUT2D eigenvalue weighted by atomic mass is 32.1. The van der Waals surface area contributed by atoms with Crippen LogP contribution in [0.15, 0.2) is 17.5 Å². The van der Waals surface area contributed by atoms with Gasteiger partial charge < -0.3 is 15.0 Å². The molecular formula is C14H26N2OS. The van der Waals surface area contributed by atoms with Crippen molar-refractivity contribution in [3.8, 4) is 0 Å². The van der Waals surface area contributed by atoms with Crippen molar-refractivity contribution in [3.05, 3.63) is 22.4 Å². The van der Waals surface area contributed by atoms with Crippen molar-refractivity contribution in [2.24, 2.45) is 0 Å². The number of hydrogen-bond acceptors (Lipinski definition) is 4. The van der Waals surface area contributed by atoms with Gasteiger partial charge in [0.05, 0.1) is 0 Å². The first kappa shape index (κ1) is 15.6. The summed E-state index contributed by atoms with van der Waals surface area (Å²) in [6.45, 7) is 8.10. The minimum atomic E-state index is 0.834. The van der Waals surface area contributed by atoms with E-state index in [4.69, 9.17) is 4.74 Å². The number of nitrogens with one attached hydrogen (secondary N) is 1. The van der Waals surface area contributed by atoms with E-state index in [1.165, 1.54) is 11.3 Å². The van der Waals surface area contributed by atoms with Crippen molar-refractivity contribution < 1.29 is 4.74 Å². The van der Waals surface area contributed by atoms with Crippen molar-refractivity contribution in [2.45, 2.75) is 26.3 Å². The van der Waals surface area contributed by atoms with E-state index >= 15 is 0 Å². The van der Waals surface area contributed by atoms with Gasteiger partial charge >= 0.3 is 0 Å². The molecule has 3 nitrogen and oxygen atoms in total. The third-order valence-electron chi connectivity index (χ3n) is 2.77. The van der Waals surface area contributed by atoms with Gasteiger partial charge in [-0.2, -0.15) is 0 Å². The molecule has 0 saturated heterocycles. The van der Waals surface area contributed by atoms with E-state index in [-0.39, 0.29) is 0 Å². The summed E-state index contributed by atoms with van der Waals surface area (Å²) in [5.74, 6) is 0. The van der Waals surface area contributed by atoms with Crippen LogP contribution in [0.3, 0.4) is 0 Å². The van der Waals surface area contributed by atoms with Crippen LogP contribution in [-0.2, 0) is 11.3 Å². The van der Waals surface area contributed by atoms with E-state index in [9.17, 15) is 0 Å². The molecule has 0 saturated carbocycles. The lowest BCUT2D eigenvalue weighted by Crippen LogP contribution is -2.29. The first-order valence-electron chi connectivity index (χ1n) is 6.82. The van der Waals surface area contributed by atoms with Crippen LogP contribution in [0.5, 0.6) is 0 Å². The highest BCUT2D eigenvalue weighted by Crippen LogP contribution is 2.10. The fourth-order valence-electron chi connectivity index (χ4n) is 1.74. The Hall–Kier alpha value is -0.420. The minimum Gasteiger partial charge on any atom is -0.382 e. The lowest BCUT2D eigenvalue weighted by Gasteiger charge is -2.15. The van der Waals surface area contributed by atoms with Crippen LogP contribution < -0.4 is 5.32 Å². The monoisotopic (exact) mass is 270 g/mol. The van der Waals surface area contributed by atoms with Gasteiger partial charge in [0, 0.05) is 37.7 Å². The van der Waals surface area contributed by atoms with Crippen molar-refractivity contribution in [2.75, 3.05) is 39.9 Å². The molecule has 0 bridgehead atoms. The van der Waals surface area contributed by atoms with E-state index in [1.807, 2.05) is 18.3 Å². The van der Waals surface area contributed by atoms with Crippen molar-refractivity contribution in [1.82, 2.24) is 10.2 Å². The summed E-state index contributed by atoms with van der Waals surface area (Å²) >= 11 is 1.83. The molecule has 1 aromatic heterocycles. The smallest absolute Gasteiger partial charge is 0.0466 e. The Balaban J connectivity index is 1.88. The SMILES string of the molecule is CCOCCCCNCCN(C)Cc1cccs1. The zero-order valence-electron chi connectivity index (χ0n) is 11.7. The van der Waals surface area contributed by atoms with Crippen molar-refractivity contribution in [3.63, 3.8) is 0 Å². The Morgan fingerprint density at radius 1 is 1.33 bits per heavy atom. The van der Waals surface area contributed by atoms with E-state index in [0.717, 1.165) is 45.8 Å². The van der Waals surface area contributed by atoms with E-state index in [0.29, 0.717) is 0 Å². The zero-order chi connectivity index (χ0) is 13.1. The molecule has 0 aliphatic rings. The number of thiophene rings is 1. The largest absolute Gasteiger partial charge is 0.382 e. The summed E-state index contributed by atoms with van der Waals surface area (Å²) in [6.07, 6.45) is 2.36. The van der Waals surface area contributed by atoms with E-state index in [2.05, 4.69) is 34.8 Å². The van der Waals surface area contributed by atoms with Gasteiger partial charge in [0.1, 0.15) is 0 Å². The molecule has 0 atom stereocenters. The number of ether oxygens (including phenoxy) is 1. The predicted molar refractivity (Wildman–Crippen MR) is 79.2 cm³/mol. The molecule has 1 rings (SSSR count). The molecule has 0 aliphatic heterocycles. The van der Waals surface area contributed by atoms with Gasteiger partial charge in [-0.15, -0.1) is 11.3 Å². The fourth-order valence-corrected chi connectivity index (χ4v) is 2.52. The molecule has 0 aliphatic carbocycles. The lowest BCUT2D eigenvalue weighted by molar-refractivity contribution is 0.143. The number of hydrogen-bond donors (Lipinski definition) is 1. The molecule has 1 aromatic rings.